The van der Waals surface area contributed by atoms with Gasteiger partial charge in [-0.2, -0.15) is 0 Å². The Bertz CT molecular complexity index is 1380. The van der Waals surface area contributed by atoms with E-state index in [-0.39, 0.29) is 38.4 Å². The molecule has 0 saturated carbocycles. The monoisotopic (exact) mass is 716 g/mol. The van der Waals surface area contributed by atoms with Gasteiger partial charge < -0.3 is 28.4 Å². The van der Waals surface area contributed by atoms with Crippen LogP contribution < -0.4 is 9.47 Å². The summed E-state index contributed by atoms with van der Waals surface area (Å²) in [5.74, 6) is 0.812. The quantitative estimate of drug-likeness (QED) is 0.0515. The van der Waals surface area contributed by atoms with Crippen molar-refractivity contribution in [3.05, 3.63) is 46.9 Å². The third kappa shape index (κ3) is 12.9. The number of esters is 2. The molecule has 0 spiro atoms. The second kappa shape index (κ2) is 21.9. The van der Waals surface area contributed by atoms with Crippen LogP contribution in [0, 0.1) is 0 Å². The van der Waals surface area contributed by atoms with Gasteiger partial charge in [-0.15, -0.1) is 0 Å². The number of rotatable bonds is 24. The van der Waals surface area contributed by atoms with Crippen LogP contribution in [0.5, 0.6) is 11.5 Å². The average Bonchev–Trinajstić information content (AvgIpc) is 3.05. The zero-order valence-electron chi connectivity index (χ0n) is 28.7. The van der Waals surface area contributed by atoms with E-state index in [0.29, 0.717) is 50.4 Å². The highest BCUT2D eigenvalue weighted by Gasteiger charge is 2.22. The Morgan fingerprint density at radius 3 is 1.53 bits per heavy atom. The molecule has 0 aliphatic carbocycles. The fourth-order valence-corrected chi connectivity index (χ4v) is 5.56. The van der Waals surface area contributed by atoms with Gasteiger partial charge in [0.1, 0.15) is 24.7 Å². The summed E-state index contributed by atoms with van der Waals surface area (Å²) in [7, 11) is 0. The molecular weight excluding hydrogens is 664 g/mol. The molecule has 9 heteroatoms. The third-order valence-corrected chi connectivity index (χ3v) is 8.10. The molecule has 2 unspecified atom stereocenters. The topological polar surface area (TPSA) is 89.5 Å². The lowest BCUT2D eigenvalue weighted by Gasteiger charge is -2.23. The maximum atomic E-state index is 12.5. The molecule has 0 bridgehead atoms. The lowest BCUT2D eigenvalue weighted by atomic mass is 10.0. The molecule has 0 aromatic heterocycles. The molecule has 0 fully saturated rings. The first kappa shape index (κ1) is 38.6. The number of hydrogen-bond donors (Lipinski definition) is 0. The van der Waals surface area contributed by atoms with Gasteiger partial charge in [0.2, 0.25) is 0 Å². The standard InChI is InChI=1S/C38H53BrO8/c1-5-9-13-21-42-24-29(46-35(40)15-7-3)26-44-37-31-17-11-12-18-32(31)38(34-23-28(39)19-20-33(34)37)45-27-30(47-36(41)16-8-4)25-43-22-14-10-6-2/h11-12,17-20,23,29-30H,5-10,13-16,21-22,24-27H2,1-4H3. The van der Waals surface area contributed by atoms with Crippen molar-refractivity contribution in [2.45, 2.75) is 104 Å². The van der Waals surface area contributed by atoms with Crippen molar-refractivity contribution >= 4 is 49.4 Å². The molecule has 260 valence electrons. The van der Waals surface area contributed by atoms with Gasteiger partial charge in [0.05, 0.1) is 13.2 Å². The van der Waals surface area contributed by atoms with E-state index in [4.69, 9.17) is 28.4 Å². The third-order valence-electron chi connectivity index (χ3n) is 7.61. The predicted octanol–water partition coefficient (Wildman–Crippen LogP) is 9.35. The van der Waals surface area contributed by atoms with E-state index < -0.39 is 12.2 Å². The fraction of sp³-hybridized carbons (Fsp3) is 0.579. The zero-order valence-corrected chi connectivity index (χ0v) is 30.2. The summed E-state index contributed by atoms with van der Waals surface area (Å²) < 4.78 is 37.3. The lowest BCUT2D eigenvalue weighted by Crippen LogP contribution is -2.30. The minimum Gasteiger partial charge on any atom is -0.488 e. The van der Waals surface area contributed by atoms with Crippen LogP contribution in [-0.4, -0.2) is 63.8 Å². The van der Waals surface area contributed by atoms with Crippen molar-refractivity contribution in [1.82, 2.24) is 0 Å². The summed E-state index contributed by atoms with van der Waals surface area (Å²) >= 11 is 3.63. The molecule has 8 nitrogen and oxygen atoms in total. The first-order valence-corrected chi connectivity index (χ1v) is 18.1. The Labute approximate surface area is 288 Å². The van der Waals surface area contributed by atoms with E-state index >= 15 is 0 Å². The Balaban J connectivity index is 1.90. The number of ether oxygens (including phenoxy) is 6. The van der Waals surface area contributed by atoms with Crippen LogP contribution >= 0.6 is 15.9 Å². The summed E-state index contributed by atoms with van der Waals surface area (Å²) in [5.41, 5.74) is 0. The highest BCUT2D eigenvalue weighted by Crippen LogP contribution is 2.44. The number of halogens is 1. The molecule has 0 aliphatic rings. The maximum absolute atomic E-state index is 12.5. The first-order chi connectivity index (χ1) is 22.9. The SMILES string of the molecule is CCCCCOCC(COc1c2ccccc2c(OCC(COCCCCC)OC(=O)CCC)c2cc(Br)ccc12)OC(=O)CCC. The number of hydrogen-bond acceptors (Lipinski definition) is 8. The van der Waals surface area contributed by atoms with Gasteiger partial charge in [-0.3, -0.25) is 9.59 Å². The number of carbonyl (C=O) groups is 2. The minimum atomic E-state index is -0.552. The van der Waals surface area contributed by atoms with Crippen molar-refractivity contribution in [3.8, 4) is 11.5 Å². The highest BCUT2D eigenvalue weighted by molar-refractivity contribution is 9.10. The molecule has 0 radical (unpaired) electrons. The van der Waals surface area contributed by atoms with E-state index in [9.17, 15) is 9.59 Å². The maximum Gasteiger partial charge on any atom is 0.306 e. The van der Waals surface area contributed by atoms with Crippen LogP contribution in [0.15, 0.2) is 46.9 Å². The van der Waals surface area contributed by atoms with E-state index in [1.165, 1.54) is 0 Å². The Kier molecular flexibility index (Phi) is 18.0. The fourth-order valence-electron chi connectivity index (χ4n) is 5.20. The van der Waals surface area contributed by atoms with Crippen LogP contribution in [0.1, 0.15) is 91.9 Å². The lowest BCUT2D eigenvalue weighted by molar-refractivity contribution is -0.155. The summed E-state index contributed by atoms with van der Waals surface area (Å²) in [6.45, 7) is 10.2. The molecule has 3 rings (SSSR count). The number of fused-ring (bicyclic) bond motifs is 2. The van der Waals surface area contributed by atoms with Crippen molar-refractivity contribution in [3.63, 3.8) is 0 Å². The van der Waals surface area contributed by atoms with Crippen molar-refractivity contribution in [2.24, 2.45) is 0 Å². The van der Waals surface area contributed by atoms with Crippen LogP contribution in [-0.2, 0) is 28.5 Å². The first-order valence-electron chi connectivity index (χ1n) is 17.4. The summed E-state index contributed by atoms with van der Waals surface area (Å²) in [6, 6.07) is 13.8. The largest absolute Gasteiger partial charge is 0.488 e. The summed E-state index contributed by atoms with van der Waals surface area (Å²) in [6.07, 6.45) is 7.31. The highest BCUT2D eigenvalue weighted by atomic mass is 79.9. The van der Waals surface area contributed by atoms with Gasteiger partial charge >= 0.3 is 11.9 Å². The van der Waals surface area contributed by atoms with Crippen LogP contribution in [0.3, 0.4) is 0 Å². The molecule has 0 aliphatic heterocycles. The van der Waals surface area contributed by atoms with Crippen LogP contribution in [0.4, 0.5) is 0 Å². The smallest absolute Gasteiger partial charge is 0.306 e. The van der Waals surface area contributed by atoms with Gasteiger partial charge in [-0.05, 0) is 43.9 Å². The molecule has 0 amide bonds. The van der Waals surface area contributed by atoms with E-state index in [1.54, 1.807) is 0 Å². The number of benzene rings is 3. The van der Waals surface area contributed by atoms with Gasteiger partial charge in [-0.1, -0.05) is 93.6 Å². The van der Waals surface area contributed by atoms with Gasteiger partial charge in [0, 0.05) is 52.1 Å². The van der Waals surface area contributed by atoms with E-state index in [0.717, 1.165) is 64.5 Å². The molecule has 0 saturated heterocycles. The molecule has 2 atom stereocenters. The number of carbonyl (C=O) groups excluding carboxylic acids is 2. The Morgan fingerprint density at radius 2 is 1.06 bits per heavy atom. The predicted molar refractivity (Wildman–Crippen MR) is 190 cm³/mol. The molecule has 3 aromatic carbocycles. The summed E-state index contributed by atoms with van der Waals surface area (Å²) in [4.78, 5) is 24.9. The van der Waals surface area contributed by atoms with Crippen LogP contribution in [0.25, 0.3) is 21.5 Å². The second-order valence-corrected chi connectivity index (χ2v) is 12.7. The summed E-state index contributed by atoms with van der Waals surface area (Å²) in [5, 5.41) is 3.40. The normalized spacial score (nSPS) is 12.6. The van der Waals surface area contributed by atoms with Crippen molar-refractivity contribution in [2.75, 3.05) is 39.6 Å². The average molecular weight is 718 g/mol. The van der Waals surface area contributed by atoms with Crippen molar-refractivity contribution in [1.29, 1.82) is 0 Å². The molecule has 47 heavy (non-hydrogen) atoms. The van der Waals surface area contributed by atoms with Gasteiger partial charge in [0.25, 0.3) is 0 Å². The molecule has 0 heterocycles. The van der Waals surface area contributed by atoms with Crippen LogP contribution in [0.2, 0.25) is 0 Å². The molecule has 0 N–H and O–H groups in total. The van der Waals surface area contributed by atoms with Gasteiger partial charge in [0.15, 0.2) is 12.2 Å². The zero-order chi connectivity index (χ0) is 33.9. The van der Waals surface area contributed by atoms with E-state index in [2.05, 4.69) is 29.8 Å². The van der Waals surface area contributed by atoms with Crippen molar-refractivity contribution < 1.29 is 38.0 Å². The Morgan fingerprint density at radius 1 is 0.596 bits per heavy atom. The van der Waals surface area contributed by atoms with E-state index in [1.807, 2.05) is 56.3 Å². The molecule has 3 aromatic rings. The Hall–Kier alpha value is -2.88. The van der Waals surface area contributed by atoms with Gasteiger partial charge in [-0.25, -0.2) is 0 Å². The minimum absolute atomic E-state index is 0.139. The molecular formula is C38H53BrO8. The second-order valence-electron chi connectivity index (χ2n) is 11.8. The number of unbranched alkanes of at least 4 members (excludes halogenated alkanes) is 4.